The van der Waals surface area contributed by atoms with Crippen LogP contribution in [0.4, 0.5) is 0 Å². The number of hydrogen-bond acceptors (Lipinski definition) is 2. The molecule has 1 unspecified atom stereocenters. The second-order valence-corrected chi connectivity index (χ2v) is 4.41. The minimum absolute atomic E-state index is 0. The Labute approximate surface area is 118 Å². The molecule has 0 radical (unpaired) electrons. The van der Waals surface area contributed by atoms with Crippen LogP contribution in [-0.2, 0) is 9.53 Å². The lowest BCUT2D eigenvalue weighted by Gasteiger charge is -2.24. The lowest BCUT2D eigenvalue weighted by atomic mass is 10.1. The van der Waals surface area contributed by atoms with E-state index in [1.807, 2.05) is 30.3 Å². The number of rotatable bonds is 3. The zero-order valence-corrected chi connectivity index (χ0v) is 11.4. The zero-order chi connectivity index (χ0) is 12.1. The van der Waals surface area contributed by atoms with Gasteiger partial charge in [-0.1, -0.05) is 30.3 Å². The Morgan fingerprint density at radius 3 is 2.50 bits per heavy atom. The summed E-state index contributed by atoms with van der Waals surface area (Å²) in [5, 5.41) is 0.384. The first kappa shape index (κ1) is 15.2. The van der Waals surface area contributed by atoms with Gasteiger partial charge in [-0.25, -0.2) is 10.4 Å². The number of morpholine rings is 1. The maximum atomic E-state index is 11.9. The van der Waals surface area contributed by atoms with Crippen LogP contribution in [0.25, 0.3) is 0 Å². The van der Waals surface area contributed by atoms with Crippen LogP contribution in [0.2, 0.25) is 0 Å². The van der Waals surface area contributed by atoms with Crippen LogP contribution in [0.5, 0.6) is 0 Å². The number of carbonyl (C=O) groups is 1. The topological polar surface area (TPSA) is 42.8 Å². The molecule has 1 heterocycles. The SMILES string of the molecule is O=C(N[NH+]1CCOCC1)C(Cl)c1ccccc1.[Cl-]. The minimum Gasteiger partial charge on any atom is -1.00 e. The number of benzene rings is 1. The van der Waals surface area contributed by atoms with E-state index in [2.05, 4.69) is 5.43 Å². The Hall–Kier alpha value is -0.810. The summed E-state index contributed by atoms with van der Waals surface area (Å²) in [6, 6.07) is 9.36. The fourth-order valence-corrected chi connectivity index (χ4v) is 1.95. The second kappa shape index (κ2) is 7.59. The summed E-state index contributed by atoms with van der Waals surface area (Å²) < 4.78 is 5.22. The van der Waals surface area contributed by atoms with E-state index in [4.69, 9.17) is 16.3 Å². The average Bonchev–Trinajstić information content (AvgIpc) is 2.40. The van der Waals surface area contributed by atoms with Crippen LogP contribution in [-0.4, -0.2) is 32.2 Å². The van der Waals surface area contributed by atoms with Crippen molar-refractivity contribution in [3.8, 4) is 0 Å². The molecule has 1 aliphatic heterocycles. The van der Waals surface area contributed by atoms with Gasteiger partial charge in [-0.05, 0) is 5.56 Å². The molecule has 0 aliphatic carbocycles. The van der Waals surface area contributed by atoms with Gasteiger partial charge < -0.3 is 17.1 Å². The molecule has 1 aromatic rings. The molecule has 2 rings (SSSR count). The maximum Gasteiger partial charge on any atom is 0.287 e. The third-order valence-corrected chi connectivity index (χ3v) is 3.17. The number of halogens is 2. The third kappa shape index (κ3) is 4.14. The van der Waals surface area contributed by atoms with E-state index >= 15 is 0 Å². The summed E-state index contributed by atoms with van der Waals surface area (Å²) >= 11 is 6.12. The molecule has 0 aromatic heterocycles. The lowest BCUT2D eigenvalue weighted by molar-refractivity contribution is -0.943. The van der Waals surface area contributed by atoms with Crippen LogP contribution in [0, 0.1) is 0 Å². The highest BCUT2D eigenvalue weighted by Gasteiger charge is 2.23. The van der Waals surface area contributed by atoms with Crippen molar-refractivity contribution >= 4 is 17.5 Å². The van der Waals surface area contributed by atoms with Gasteiger partial charge in [0, 0.05) is 0 Å². The summed E-state index contributed by atoms with van der Waals surface area (Å²) in [4.78, 5) is 11.9. The standard InChI is InChI=1S/C12H15ClN2O2.ClH/c13-11(10-4-2-1-3-5-10)12(16)14-15-6-8-17-9-7-15;/h1-5,11H,6-9H2,(H,14,16);1H. The van der Waals surface area contributed by atoms with Crippen LogP contribution < -0.4 is 22.8 Å². The van der Waals surface area contributed by atoms with Gasteiger partial charge in [0.05, 0.1) is 13.2 Å². The summed E-state index contributed by atoms with van der Waals surface area (Å²) in [6.45, 7) is 2.91. The highest BCUT2D eigenvalue weighted by atomic mass is 35.5. The number of quaternary nitrogens is 1. The molecule has 1 amide bonds. The molecule has 4 nitrogen and oxygen atoms in total. The van der Waals surface area contributed by atoms with Crippen molar-refractivity contribution in [2.45, 2.75) is 5.38 Å². The fraction of sp³-hybridized carbons (Fsp3) is 0.417. The Kier molecular flexibility index (Phi) is 6.43. The summed E-state index contributed by atoms with van der Waals surface area (Å²) in [5.41, 5.74) is 3.70. The Morgan fingerprint density at radius 2 is 1.89 bits per heavy atom. The van der Waals surface area contributed by atoms with E-state index in [-0.39, 0.29) is 18.3 Å². The van der Waals surface area contributed by atoms with Crippen molar-refractivity contribution in [1.82, 2.24) is 5.43 Å². The molecule has 1 saturated heterocycles. The number of carbonyl (C=O) groups excluding carboxylic acids is 1. The van der Waals surface area contributed by atoms with Gasteiger partial charge in [-0.3, -0.25) is 4.79 Å². The fourth-order valence-electron chi connectivity index (χ4n) is 1.75. The van der Waals surface area contributed by atoms with E-state index < -0.39 is 5.38 Å². The van der Waals surface area contributed by atoms with Crippen molar-refractivity contribution in [2.24, 2.45) is 0 Å². The molecule has 0 saturated carbocycles. The second-order valence-electron chi connectivity index (χ2n) is 3.98. The molecule has 1 aliphatic rings. The van der Waals surface area contributed by atoms with E-state index in [9.17, 15) is 4.79 Å². The third-order valence-electron chi connectivity index (χ3n) is 2.72. The van der Waals surface area contributed by atoms with Crippen molar-refractivity contribution < 1.29 is 26.9 Å². The first-order valence-electron chi connectivity index (χ1n) is 5.69. The van der Waals surface area contributed by atoms with Gasteiger partial charge in [0.25, 0.3) is 5.91 Å². The predicted molar refractivity (Wildman–Crippen MR) is 64.7 cm³/mol. The van der Waals surface area contributed by atoms with E-state index in [0.717, 1.165) is 23.7 Å². The van der Waals surface area contributed by atoms with Crippen LogP contribution in [0.3, 0.4) is 0 Å². The normalized spacial score (nSPS) is 17.6. The number of hydrogen-bond donors (Lipinski definition) is 2. The summed E-state index contributed by atoms with van der Waals surface area (Å²) in [7, 11) is 0. The largest absolute Gasteiger partial charge is 1.00 e. The molecule has 2 N–H and O–H groups in total. The Bertz CT molecular complexity index is 370. The van der Waals surface area contributed by atoms with Gasteiger partial charge in [0.1, 0.15) is 18.5 Å². The van der Waals surface area contributed by atoms with Crippen molar-refractivity contribution in [2.75, 3.05) is 26.3 Å². The first-order valence-corrected chi connectivity index (χ1v) is 6.13. The molecule has 1 atom stereocenters. The van der Waals surface area contributed by atoms with Crippen molar-refractivity contribution in [1.29, 1.82) is 0 Å². The van der Waals surface area contributed by atoms with Crippen LogP contribution >= 0.6 is 11.6 Å². The van der Waals surface area contributed by atoms with Crippen LogP contribution in [0.15, 0.2) is 30.3 Å². The molecular weight excluding hydrogens is 275 g/mol. The zero-order valence-electron chi connectivity index (χ0n) is 9.86. The molecule has 100 valence electrons. The molecule has 1 fully saturated rings. The van der Waals surface area contributed by atoms with Gasteiger partial charge in [0.2, 0.25) is 0 Å². The molecule has 1 aromatic carbocycles. The first-order chi connectivity index (χ1) is 8.27. The Balaban J connectivity index is 0.00000162. The molecule has 0 bridgehead atoms. The van der Waals surface area contributed by atoms with E-state index in [0.29, 0.717) is 13.2 Å². The number of ether oxygens (including phenoxy) is 1. The quantitative estimate of drug-likeness (QED) is 0.580. The smallest absolute Gasteiger partial charge is 0.287 e. The van der Waals surface area contributed by atoms with E-state index in [1.54, 1.807) is 0 Å². The van der Waals surface area contributed by atoms with Gasteiger partial charge in [0.15, 0.2) is 0 Å². The molecular formula is C12H16Cl2N2O2. The number of amides is 1. The minimum atomic E-state index is -0.633. The summed E-state index contributed by atoms with van der Waals surface area (Å²) in [6.07, 6.45) is 0. The van der Waals surface area contributed by atoms with Gasteiger partial charge >= 0.3 is 0 Å². The van der Waals surface area contributed by atoms with Gasteiger partial charge in [-0.15, -0.1) is 11.6 Å². The van der Waals surface area contributed by atoms with Crippen molar-refractivity contribution in [3.63, 3.8) is 0 Å². The number of nitrogens with one attached hydrogen (secondary N) is 2. The lowest BCUT2D eigenvalue weighted by Crippen LogP contribution is -3.21. The Morgan fingerprint density at radius 1 is 1.28 bits per heavy atom. The maximum absolute atomic E-state index is 11.9. The molecule has 0 spiro atoms. The monoisotopic (exact) mass is 290 g/mol. The van der Waals surface area contributed by atoms with Gasteiger partial charge in [-0.2, -0.15) is 0 Å². The predicted octanol–water partition coefficient (Wildman–Crippen LogP) is -3.08. The highest BCUT2D eigenvalue weighted by molar-refractivity contribution is 6.30. The van der Waals surface area contributed by atoms with Crippen LogP contribution in [0.1, 0.15) is 10.9 Å². The van der Waals surface area contributed by atoms with E-state index in [1.165, 1.54) is 0 Å². The number of alkyl halides is 1. The average molecular weight is 291 g/mol. The summed E-state index contributed by atoms with van der Waals surface area (Å²) in [5.74, 6) is -0.158. The van der Waals surface area contributed by atoms with Crippen molar-refractivity contribution in [3.05, 3.63) is 35.9 Å². The molecule has 18 heavy (non-hydrogen) atoms. The molecule has 6 heteroatoms. The highest BCUT2D eigenvalue weighted by Crippen LogP contribution is 2.19.